The van der Waals surface area contributed by atoms with Gasteiger partial charge in [-0.2, -0.15) is 0 Å². The number of benzene rings is 1. The van der Waals surface area contributed by atoms with Gasteiger partial charge in [0, 0.05) is 21.6 Å². The molecule has 17 heavy (non-hydrogen) atoms. The van der Waals surface area contributed by atoms with Crippen molar-refractivity contribution >= 4 is 22.5 Å². The van der Waals surface area contributed by atoms with Crippen LogP contribution in [0.25, 0.3) is 10.9 Å². The second-order valence-corrected chi connectivity index (χ2v) is 5.69. The minimum absolute atomic E-state index is 0.222. The summed E-state index contributed by atoms with van der Waals surface area (Å²) in [6, 6.07) is 7.92. The van der Waals surface area contributed by atoms with Gasteiger partial charge >= 0.3 is 0 Å². The summed E-state index contributed by atoms with van der Waals surface area (Å²) >= 11 is 5.99. The van der Waals surface area contributed by atoms with Gasteiger partial charge < -0.3 is 5.73 Å². The molecule has 0 fully saturated rings. The van der Waals surface area contributed by atoms with Gasteiger partial charge in [0.25, 0.3) is 0 Å². The summed E-state index contributed by atoms with van der Waals surface area (Å²) in [5.74, 6) is 0. The first-order valence-electron chi connectivity index (χ1n) is 5.70. The third-order valence-corrected chi connectivity index (χ3v) is 2.87. The second-order valence-electron chi connectivity index (χ2n) is 5.25. The first-order valence-corrected chi connectivity index (χ1v) is 6.08. The zero-order valence-electron chi connectivity index (χ0n) is 10.4. The maximum absolute atomic E-state index is 6.09. The summed E-state index contributed by atoms with van der Waals surface area (Å²) in [5, 5.41) is 1.85. The number of rotatable bonds is 2. The highest BCUT2D eigenvalue weighted by Crippen LogP contribution is 2.24. The van der Waals surface area contributed by atoms with E-state index in [-0.39, 0.29) is 5.54 Å². The van der Waals surface area contributed by atoms with Crippen molar-refractivity contribution in [1.29, 1.82) is 0 Å². The van der Waals surface area contributed by atoms with Gasteiger partial charge in [0.05, 0.1) is 5.52 Å². The molecule has 0 unspecified atom stereocenters. The highest BCUT2D eigenvalue weighted by Gasteiger charge is 2.14. The third-order valence-electron chi connectivity index (χ3n) is 2.63. The number of aryl methyl sites for hydroxylation is 1. The van der Waals surface area contributed by atoms with E-state index in [4.69, 9.17) is 17.3 Å². The number of pyridine rings is 1. The summed E-state index contributed by atoms with van der Waals surface area (Å²) < 4.78 is 0. The molecule has 0 spiro atoms. The largest absolute Gasteiger partial charge is 0.325 e. The highest BCUT2D eigenvalue weighted by molar-refractivity contribution is 6.31. The molecule has 1 heterocycles. The van der Waals surface area contributed by atoms with E-state index in [1.807, 2.05) is 39.0 Å². The molecule has 1 aromatic heterocycles. The number of hydrogen-bond donors (Lipinski definition) is 1. The van der Waals surface area contributed by atoms with Crippen LogP contribution in [0.5, 0.6) is 0 Å². The van der Waals surface area contributed by atoms with Gasteiger partial charge in [-0.25, -0.2) is 0 Å². The molecule has 90 valence electrons. The fourth-order valence-electron chi connectivity index (χ4n) is 2.06. The number of nitrogens with two attached hydrogens (primary N) is 1. The van der Waals surface area contributed by atoms with Gasteiger partial charge in [0.15, 0.2) is 0 Å². The Hall–Kier alpha value is -1.12. The van der Waals surface area contributed by atoms with E-state index < -0.39 is 0 Å². The zero-order valence-corrected chi connectivity index (χ0v) is 11.2. The molecule has 0 saturated heterocycles. The van der Waals surface area contributed by atoms with Gasteiger partial charge in [-0.1, -0.05) is 17.7 Å². The summed E-state index contributed by atoms with van der Waals surface area (Å²) in [6.07, 6.45) is 0.828. The first-order chi connectivity index (χ1) is 7.85. The Balaban J connectivity index is 2.62. The van der Waals surface area contributed by atoms with Crippen LogP contribution in [-0.4, -0.2) is 10.5 Å². The van der Waals surface area contributed by atoms with Crippen LogP contribution in [0, 0.1) is 6.92 Å². The molecule has 0 aliphatic heterocycles. The van der Waals surface area contributed by atoms with Gasteiger partial charge in [-0.15, -0.1) is 0 Å². The molecule has 2 rings (SSSR count). The quantitative estimate of drug-likeness (QED) is 0.884. The van der Waals surface area contributed by atoms with E-state index in [1.165, 1.54) is 5.56 Å². The lowest BCUT2D eigenvalue weighted by Gasteiger charge is -2.20. The predicted octanol–water partition coefficient (Wildman–Crippen LogP) is 3.48. The molecular weight excluding hydrogens is 232 g/mol. The van der Waals surface area contributed by atoms with Gasteiger partial charge in [-0.3, -0.25) is 4.98 Å². The maximum atomic E-state index is 6.09. The first kappa shape index (κ1) is 12.3. The van der Waals surface area contributed by atoms with E-state index in [0.29, 0.717) is 5.02 Å². The normalized spacial score (nSPS) is 12.1. The Kier molecular flexibility index (Phi) is 3.11. The third kappa shape index (κ3) is 2.96. The number of hydrogen-bond acceptors (Lipinski definition) is 2. The fraction of sp³-hybridized carbons (Fsp3) is 0.357. The second kappa shape index (κ2) is 4.28. The minimum Gasteiger partial charge on any atom is -0.325 e. The number of aromatic nitrogens is 1. The lowest BCUT2D eigenvalue weighted by atomic mass is 9.93. The molecule has 0 atom stereocenters. The summed E-state index contributed by atoms with van der Waals surface area (Å²) in [4.78, 5) is 4.50. The van der Waals surface area contributed by atoms with Gasteiger partial charge in [-0.05, 0) is 51.0 Å². The summed E-state index contributed by atoms with van der Waals surface area (Å²) in [7, 11) is 0. The van der Waals surface area contributed by atoms with Crippen LogP contribution in [0.3, 0.4) is 0 Å². The van der Waals surface area contributed by atoms with E-state index in [9.17, 15) is 0 Å². The van der Waals surface area contributed by atoms with Crippen LogP contribution < -0.4 is 5.73 Å². The Bertz CT molecular complexity index is 551. The lowest BCUT2D eigenvalue weighted by Crippen LogP contribution is -2.34. The van der Waals surface area contributed by atoms with Crippen LogP contribution in [0.1, 0.15) is 25.1 Å². The van der Waals surface area contributed by atoms with Crippen LogP contribution in [0.4, 0.5) is 0 Å². The molecule has 0 aliphatic carbocycles. The average molecular weight is 249 g/mol. The van der Waals surface area contributed by atoms with E-state index >= 15 is 0 Å². The monoisotopic (exact) mass is 248 g/mol. The smallest absolute Gasteiger partial charge is 0.0722 e. The number of nitrogens with zero attached hydrogens (tertiary/aromatic N) is 1. The van der Waals surface area contributed by atoms with Crippen molar-refractivity contribution in [3.05, 3.63) is 40.5 Å². The Morgan fingerprint density at radius 3 is 2.65 bits per heavy atom. The van der Waals surface area contributed by atoms with Gasteiger partial charge in [0.1, 0.15) is 0 Å². The Labute approximate surface area is 107 Å². The van der Waals surface area contributed by atoms with E-state index in [1.54, 1.807) is 0 Å². The molecule has 1 aromatic carbocycles. The average Bonchev–Trinajstić information content (AvgIpc) is 2.13. The summed E-state index contributed by atoms with van der Waals surface area (Å²) in [5.41, 5.74) is 9.04. The molecule has 2 aromatic rings. The molecular formula is C14H17ClN2. The molecule has 0 bridgehead atoms. The van der Waals surface area contributed by atoms with E-state index in [2.05, 4.69) is 11.1 Å². The molecule has 0 radical (unpaired) electrons. The standard InChI is InChI=1S/C14H17ClN2/c1-9-6-10(8-14(2,3)16)12-5-4-11(15)7-13(12)17-9/h4-7H,8,16H2,1-3H3. The topological polar surface area (TPSA) is 38.9 Å². The Morgan fingerprint density at radius 2 is 2.00 bits per heavy atom. The minimum atomic E-state index is -0.222. The lowest BCUT2D eigenvalue weighted by molar-refractivity contribution is 0.518. The van der Waals surface area contributed by atoms with Crippen molar-refractivity contribution < 1.29 is 0 Å². The van der Waals surface area contributed by atoms with Gasteiger partial charge in [0.2, 0.25) is 0 Å². The van der Waals surface area contributed by atoms with Crippen molar-refractivity contribution in [2.75, 3.05) is 0 Å². The van der Waals surface area contributed by atoms with Crippen molar-refractivity contribution in [3.8, 4) is 0 Å². The van der Waals surface area contributed by atoms with Crippen molar-refractivity contribution in [2.45, 2.75) is 32.7 Å². The molecule has 2 N–H and O–H groups in total. The predicted molar refractivity (Wildman–Crippen MR) is 73.5 cm³/mol. The van der Waals surface area contributed by atoms with Crippen molar-refractivity contribution in [2.24, 2.45) is 5.73 Å². The molecule has 0 saturated carbocycles. The van der Waals surface area contributed by atoms with Crippen LogP contribution in [0.2, 0.25) is 5.02 Å². The van der Waals surface area contributed by atoms with Crippen LogP contribution in [0.15, 0.2) is 24.3 Å². The fourth-order valence-corrected chi connectivity index (χ4v) is 2.22. The molecule has 2 nitrogen and oxygen atoms in total. The number of fused-ring (bicyclic) bond motifs is 1. The SMILES string of the molecule is Cc1cc(CC(C)(C)N)c2ccc(Cl)cc2n1. The molecule has 0 aliphatic rings. The number of halogens is 1. The molecule has 0 amide bonds. The van der Waals surface area contributed by atoms with Crippen LogP contribution >= 0.6 is 11.6 Å². The highest BCUT2D eigenvalue weighted by atomic mass is 35.5. The van der Waals surface area contributed by atoms with Crippen LogP contribution in [-0.2, 0) is 6.42 Å². The Morgan fingerprint density at radius 1 is 1.29 bits per heavy atom. The van der Waals surface area contributed by atoms with E-state index in [0.717, 1.165) is 23.0 Å². The van der Waals surface area contributed by atoms with Crippen molar-refractivity contribution in [1.82, 2.24) is 4.98 Å². The summed E-state index contributed by atoms with van der Waals surface area (Å²) in [6.45, 7) is 6.06. The van der Waals surface area contributed by atoms with Crippen molar-refractivity contribution in [3.63, 3.8) is 0 Å². The molecule has 3 heteroatoms. The maximum Gasteiger partial charge on any atom is 0.0722 e. The zero-order chi connectivity index (χ0) is 12.6.